The first-order valence-electron chi connectivity index (χ1n) is 35.6. The molecule has 0 aromatic heterocycles. The van der Waals surface area contributed by atoms with Crippen molar-refractivity contribution in [3.8, 4) is 0 Å². The summed E-state index contributed by atoms with van der Waals surface area (Å²) < 4.78 is 57.2. The van der Waals surface area contributed by atoms with Gasteiger partial charge in [0, 0.05) is 51.2 Å². The van der Waals surface area contributed by atoms with E-state index in [2.05, 4.69) is 43.5 Å². The van der Waals surface area contributed by atoms with E-state index in [0.29, 0.717) is 19.3 Å². The Bertz CT molecular complexity index is 2100. The molecule has 25 nitrogen and oxygen atoms in total. The number of Topliss-reactive ketones (excluding diaryl/α,β-unsaturated/α-hetero) is 1. The van der Waals surface area contributed by atoms with Crippen molar-refractivity contribution in [2.24, 2.45) is 5.92 Å². The highest BCUT2D eigenvalue weighted by Gasteiger charge is 2.53. The Balaban J connectivity index is 1.36. The van der Waals surface area contributed by atoms with E-state index in [0.717, 1.165) is 77.0 Å². The Hall–Kier alpha value is -2.89. The second-order valence-electron chi connectivity index (χ2n) is 25.7. The Labute approximate surface area is 558 Å². The molecule has 3 rings (SSSR count). The monoisotopic (exact) mass is 1370 g/mol. The molecule has 2 aliphatic heterocycles. The summed E-state index contributed by atoms with van der Waals surface area (Å²) in [5.41, 5.74) is 0. The molecule has 1 aliphatic carbocycles. The van der Waals surface area contributed by atoms with E-state index in [1.807, 2.05) is 0 Å². The van der Waals surface area contributed by atoms with Crippen LogP contribution in [0.2, 0.25) is 0 Å². The summed E-state index contributed by atoms with van der Waals surface area (Å²) in [4.78, 5) is 61.7. The van der Waals surface area contributed by atoms with Gasteiger partial charge in [-0.15, -0.1) is 0 Å². The highest BCUT2D eigenvalue weighted by molar-refractivity contribution is 7.47. The lowest BCUT2D eigenvalue weighted by Gasteiger charge is -2.48. The lowest BCUT2D eigenvalue weighted by atomic mass is 9.81. The average molecular weight is 1370 g/mol. The van der Waals surface area contributed by atoms with Crippen molar-refractivity contribution in [3.63, 3.8) is 0 Å². The number of ketones is 1. The van der Waals surface area contributed by atoms with E-state index in [9.17, 15) is 79.7 Å². The number of carbonyl (C=O) groups excluding carboxylic acids is 4. The van der Waals surface area contributed by atoms with E-state index < -0.39 is 150 Å². The molecule has 1 amide bonds. The number of rotatable bonds is 55. The Morgan fingerprint density at radius 1 is 0.489 bits per heavy atom. The number of aliphatic hydroxyl groups is 10. The van der Waals surface area contributed by atoms with Crippen LogP contribution in [0.5, 0.6) is 0 Å². The van der Waals surface area contributed by atoms with Crippen LogP contribution in [0.4, 0.5) is 0 Å². The van der Waals surface area contributed by atoms with Crippen LogP contribution in [0.15, 0.2) is 24.3 Å². The molecule has 3 aliphatic rings. The predicted octanol–water partition coefficient (Wildman–Crippen LogP) is 6.83. The molecule has 548 valence electrons. The number of allylic oxidation sites excluding steroid dienone is 4. The van der Waals surface area contributed by atoms with Crippen molar-refractivity contribution in [3.05, 3.63) is 24.3 Å². The smallest absolute Gasteiger partial charge is 0.462 e. The van der Waals surface area contributed by atoms with Crippen molar-refractivity contribution < 1.29 is 117 Å². The minimum atomic E-state index is -4.71. The molecular weight excluding hydrogens is 1250 g/mol. The maximum Gasteiger partial charge on any atom is 0.472 e. The SMILES string of the molecule is CCCCCCCC/C=C\CCCCCCCC(=O)OCC(COP(=O)(O)OCCCC(=O)CCCCC(=O)NC[C@@H]1O[C@@H](CO)[C@@H](O[C@@H]2OC(CO)[C@H](O[C@H]3CC(CO)[C@H](O)[C@H](O)C3O)[C@H](O)C2O)C(O)C1O)OC(=O)CCCCCCC/C=C\CCCCCCCC. The van der Waals surface area contributed by atoms with Crippen LogP contribution in [0.3, 0.4) is 0 Å². The zero-order valence-electron chi connectivity index (χ0n) is 56.4. The molecule has 0 aromatic carbocycles. The summed E-state index contributed by atoms with van der Waals surface area (Å²) in [6, 6.07) is 0. The van der Waals surface area contributed by atoms with Crippen molar-refractivity contribution >= 4 is 31.5 Å². The van der Waals surface area contributed by atoms with Crippen molar-refractivity contribution in [2.75, 3.05) is 46.2 Å². The van der Waals surface area contributed by atoms with Crippen molar-refractivity contribution in [1.82, 2.24) is 5.32 Å². The normalized spacial score (nSPS) is 27.6. The van der Waals surface area contributed by atoms with E-state index in [4.69, 9.17) is 37.5 Å². The van der Waals surface area contributed by atoms with Gasteiger partial charge in [-0.05, 0) is 89.9 Å². The fourth-order valence-corrected chi connectivity index (χ4v) is 12.6. The summed E-state index contributed by atoms with van der Waals surface area (Å²) in [5.74, 6) is -2.61. The van der Waals surface area contributed by atoms with Gasteiger partial charge < -0.3 is 89.7 Å². The van der Waals surface area contributed by atoms with Gasteiger partial charge in [-0.1, -0.05) is 141 Å². The molecule has 1 saturated carbocycles. The van der Waals surface area contributed by atoms with Gasteiger partial charge in [-0.2, -0.15) is 0 Å². The van der Waals surface area contributed by atoms with Gasteiger partial charge in [0.1, 0.15) is 79.5 Å². The molecule has 17 atom stereocenters. The van der Waals surface area contributed by atoms with Gasteiger partial charge in [0.2, 0.25) is 5.91 Å². The zero-order valence-corrected chi connectivity index (χ0v) is 57.3. The highest BCUT2D eigenvalue weighted by atomic mass is 31.2. The van der Waals surface area contributed by atoms with Gasteiger partial charge in [-0.25, -0.2) is 4.57 Å². The standard InChI is InChI=1S/C68H122NO24P/c1-3-5-7-9-11-13-15-17-19-21-23-25-27-29-31-39-57(75)86-47-51(89-58(76)40-32-30-28-26-24-22-20-18-16-14-12-10-8-6-4-2)48-88-94(84,85)87-41-35-37-50(73)36-33-34-38-56(74)69-43-53-61(79)63(81)67(54(45-71)90-53)93-68-65(83)64(82)66(55(46-72)92-68)91-52-42-49(44-70)59(77)62(80)60(52)78/h17-20,49,51-55,59-68,70-72,77-83H,3-16,21-48H2,1-2H3,(H,69,74)(H,84,85)/b19-17-,20-18-/t49?,51?,52-,53-,54-,55?,59-,60?,61?,62-,63?,64+,65?,66-,67+,68-/m0/s1. The van der Waals surface area contributed by atoms with Crippen LogP contribution in [0.1, 0.15) is 239 Å². The number of aliphatic hydroxyl groups excluding tert-OH is 10. The average Bonchev–Trinajstić information content (AvgIpc) is 0.785. The Morgan fingerprint density at radius 3 is 1.52 bits per heavy atom. The lowest BCUT2D eigenvalue weighted by molar-refractivity contribution is -0.351. The molecular formula is C68H122NO24P. The number of ether oxygens (including phenoxy) is 6. The first-order valence-corrected chi connectivity index (χ1v) is 37.1. The Kier molecular flexibility index (Phi) is 46.6. The number of nitrogens with one attached hydrogen (secondary N) is 1. The number of hydrogen-bond donors (Lipinski definition) is 12. The Morgan fingerprint density at radius 2 is 0.968 bits per heavy atom. The first kappa shape index (κ1) is 85.3. The second kappa shape index (κ2) is 51.3. The quantitative estimate of drug-likeness (QED) is 0.0128. The number of carbonyl (C=O) groups is 4. The van der Waals surface area contributed by atoms with E-state index in [-0.39, 0.29) is 76.9 Å². The number of phosphoric acid groups is 1. The lowest BCUT2D eigenvalue weighted by Crippen LogP contribution is -2.66. The molecule has 94 heavy (non-hydrogen) atoms. The van der Waals surface area contributed by atoms with Crippen LogP contribution in [-0.2, 0) is 61.2 Å². The van der Waals surface area contributed by atoms with Crippen LogP contribution >= 0.6 is 7.82 Å². The van der Waals surface area contributed by atoms with Crippen molar-refractivity contribution in [1.29, 1.82) is 0 Å². The largest absolute Gasteiger partial charge is 0.472 e. The van der Waals surface area contributed by atoms with Crippen LogP contribution < -0.4 is 5.32 Å². The molecule has 0 radical (unpaired) electrons. The van der Waals surface area contributed by atoms with Gasteiger partial charge >= 0.3 is 19.8 Å². The van der Waals surface area contributed by atoms with Crippen LogP contribution in [-0.4, -0.2) is 218 Å². The molecule has 3 fully saturated rings. The third kappa shape index (κ3) is 35.2. The molecule has 8 unspecified atom stereocenters. The topological polar surface area (TPSA) is 394 Å². The van der Waals surface area contributed by atoms with E-state index >= 15 is 0 Å². The van der Waals surface area contributed by atoms with Gasteiger partial charge in [0.15, 0.2) is 12.4 Å². The third-order valence-corrected chi connectivity index (χ3v) is 18.6. The first-order chi connectivity index (χ1) is 45.3. The molecule has 0 bridgehead atoms. The summed E-state index contributed by atoms with van der Waals surface area (Å²) in [6.45, 7) is 0.673. The van der Waals surface area contributed by atoms with Gasteiger partial charge in [0.05, 0.1) is 38.6 Å². The predicted molar refractivity (Wildman–Crippen MR) is 349 cm³/mol. The van der Waals surface area contributed by atoms with E-state index in [1.54, 1.807) is 0 Å². The fourth-order valence-electron chi connectivity index (χ4n) is 11.8. The molecule has 2 heterocycles. The summed E-state index contributed by atoms with van der Waals surface area (Å²) >= 11 is 0. The zero-order chi connectivity index (χ0) is 68.9. The number of amides is 1. The molecule has 12 N–H and O–H groups in total. The maximum absolute atomic E-state index is 13.0. The van der Waals surface area contributed by atoms with Crippen LogP contribution in [0.25, 0.3) is 0 Å². The third-order valence-electron chi connectivity index (χ3n) is 17.6. The number of phosphoric ester groups is 1. The van der Waals surface area contributed by atoms with Crippen molar-refractivity contribution in [2.45, 2.75) is 330 Å². The number of esters is 2. The minimum Gasteiger partial charge on any atom is -0.462 e. The van der Waals surface area contributed by atoms with Crippen LogP contribution in [0, 0.1) is 5.92 Å². The summed E-state index contributed by atoms with van der Waals surface area (Å²) in [5, 5.41) is 108. The van der Waals surface area contributed by atoms with Gasteiger partial charge in [-0.3, -0.25) is 28.2 Å². The molecule has 0 spiro atoms. The number of hydrogen-bond acceptors (Lipinski definition) is 23. The maximum atomic E-state index is 13.0. The fraction of sp³-hybridized carbons (Fsp3) is 0.882. The summed E-state index contributed by atoms with van der Waals surface area (Å²) in [7, 11) is -4.71. The van der Waals surface area contributed by atoms with Gasteiger partial charge in [0.25, 0.3) is 0 Å². The molecule has 26 heteroatoms. The van der Waals surface area contributed by atoms with E-state index in [1.165, 1.54) is 77.0 Å². The second-order valence-corrected chi connectivity index (χ2v) is 27.1. The molecule has 0 aromatic rings. The minimum absolute atomic E-state index is 0.00904. The number of unbranched alkanes of at least 4 members (excludes halogenated alkanes) is 23. The highest BCUT2D eigenvalue weighted by Crippen LogP contribution is 2.43. The summed E-state index contributed by atoms with van der Waals surface area (Å²) in [6.07, 6.45) is 15.2. The molecule has 2 saturated heterocycles.